The molecule has 2 aromatic rings. The molecule has 0 atom stereocenters. The van der Waals surface area contributed by atoms with Crippen LogP contribution >= 0.6 is 11.3 Å². The molecule has 0 fully saturated rings. The highest BCUT2D eigenvalue weighted by Gasteiger charge is 2.18. The van der Waals surface area contributed by atoms with Crippen LogP contribution in [0.1, 0.15) is 18.3 Å². The van der Waals surface area contributed by atoms with Gasteiger partial charge >= 0.3 is 4.87 Å². The van der Waals surface area contributed by atoms with Gasteiger partial charge in [0.1, 0.15) is 0 Å². The highest BCUT2D eigenvalue weighted by molar-refractivity contribution is 7.89. The number of nitrogens with zero attached hydrogens (tertiary/aromatic N) is 1. The molecule has 0 aliphatic rings. The van der Waals surface area contributed by atoms with Gasteiger partial charge < -0.3 is 14.9 Å². The summed E-state index contributed by atoms with van der Waals surface area (Å²) in [7, 11) is -1.78. The lowest BCUT2D eigenvalue weighted by molar-refractivity contribution is 0.580. The molecule has 0 spiro atoms. The third-order valence-electron chi connectivity index (χ3n) is 2.99. The van der Waals surface area contributed by atoms with Crippen molar-refractivity contribution in [3.63, 3.8) is 0 Å². The van der Waals surface area contributed by atoms with Crippen molar-refractivity contribution in [1.29, 1.82) is 0 Å². The molecule has 2 aromatic heterocycles. The lowest BCUT2D eigenvalue weighted by atomic mass is 10.4. The Balaban J connectivity index is 2.17. The molecule has 0 saturated heterocycles. The van der Waals surface area contributed by atoms with Crippen molar-refractivity contribution in [2.24, 2.45) is 0 Å². The second-order valence-electron chi connectivity index (χ2n) is 4.48. The van der Waals surface area contributed by atoms with Gasteiger partial charge in [0.15, 0.2) is 0 Å². The molecule has 0 bridgehead atoms. The standard InChI is InChI=1S/C12H18N4O3S2/c1-3-16-7-11(4-10(16)6-13-2)21(18,19)14-5-9-8-20-12(17)15-9/h4,7-8,13-14H,3,5-6H2,1-2H3,(H,15,17). The molecule has 2 heterocycles. The maximum absolute atomic E-state index is 12.3. The van der Waals surface area contributed by atoms with Crippen LogP contribution in [-0.2, 0) is 29.7 Å². The van der Waals surface area contributed by atoms with Crippen molar-refractivity contribution in [1.82, 2.24) is 19.6 Å². The van der Waals surface area contributed by atoms with Crippen LogP contribution in [0.25, 0.3) is 0 Å². The van der Waals surface area contributed by atoms with Crippen LogP contribution in [0, 0.1) is 0 Å². The van der Waals surface area contributed by atoms with E-state index in [9.17, 15) is 13.2 Å². The number of hydrogen-bond acceptors (Lipinski definition) is 5. The number of aromatic nitrogens is 2. The molecule has 0 aliphatic heterocycles. The zero-order valence-corrected chi connectivity index (χ0v) is 13.5. The molecule has 0 aromatic carbocycles. The van der Waals surface area contributed by atoms with Crippen LogP contribution in [0.15, 0.2) is 27.3 Å². The second-order valence-corrected chi connectivity index (χ2v) is 7.09. The molecule has 116 valence electrons. The Hall–Kier alpha value is -1.42. The van der Waals surface area contributed by atoms with Gasteiger partial charge in [-0.05, 0) is 20.0 Å². The van der Waals surface area contributed by atoms with E-state index >= 15 is 0 Å². The van der Waals surface area contributed by atoms with E-state index in [1.54, 1.807) is 17.6 Å². The van der Waals surface area contributed by atoms with E-state index in [0.29, 0.717) is 18.8 Å². The molecular weight excluding hydrogens is 312 g/mol. The van der Waals surface area contributed by atoms with Crippen LogP contribution in [0.4, 0.5) is 0 Å². The smallest absolute Gasteiger partial charge is 0.304 e. The largest absolute Gasteiger partial charge is 0.349 e. The Kier molecular flexibility index (Phi) is 4.99. The van der Waals surface area contributed by atoms with Crippen molar-refractivity contribution in [3.8, 4) is 0 Å². The first-order chi connectivity index (χ1) is 9.96. The third kappa shape index (κ3) is 3.82. The van der Waals surface area contributed by atoms with Crippen LogP contribution < -0.4 is 14.9 Å². The van der Waals surface area contributed by atoms with Gasteiger partial charge in [-0.25, -0.2) is 13.1 Å². The topological polar surface area (TPSA) is 96.0 Å². The Labute approximate surface area is 127 Å². The van der Waals surface area contributed by atoms with Crippen LogP contribution in [0.2, 0.25) is 0 Å². The number of aryl methyl sites for hydroxylation is 1. The summed E-state index contributed by atoms with van der Waals surface area (Å²) in [5, 5.41) is 4.62. The average molecular weight is 330 g/mol. The highest BCUT2D eigenvalue weighted by Crippen LogP contribution is 2.15. The minimum absolute atomic E-state index is 0.0692. The van der Waals surface area contributed by atoms with Gasteiger partial charge in [-0.15, -0.1) is 0 Å². The molecule has 2 rings (SSSR count). The highest BCUT2D eigenvalue weighted by atomic mass is 32.2. The normalized spacial score (nSPS) is 11.9. The van der Waals surface area contributed by atoms with E-state index in [-0.39, 0.29) is 16.3 Å². The van der Waals surface area contributed by atoms with E-state index in [1.807, 2.05) is 18.5 Å². The van der Waals surface area contributed by atoms with E-state index < -0.39 is 10.0 Å². The molecule has 21 heavy (non-hydrogen) atoms. The third-order valence-corrected chi connectivity index (χ3v) is 5.08. The lowest BCUT2D eigenvalue weighted by Gasteiger charge is -2.04. The predicted octanol–water partition coefficient (Wildman–Crippen LogP) is 0.456. The summed E-state index contributed by atoms with van der Waals surface area (Å²) < 4.78 is 28.9. The number of rotatable bonds is 7. The van der Waals surface area contributed by atoms with Crippen molar-refractivity contribution in [2.75, 3.05) is 7.05 Å². The number of H-pyrrole nitrogens is 1. The van der Waals surface area contributed by atoms with Crippen LogP contribution in [-0.4, -0.2) is 25.0 Å². The molecule has 3 N–H and O–H groups in total. The molecule has 7 nitrogen and oxygen atoms in total. The minimum Gasteiger partial charge on any atom is -0.349 e. The van der Waals surface area contributed by atoms with Gasteiger partial charge in [0.2, 0.25) is 10.0 Å². The van der Waals surface area contributed by atoms with Gasteiger partial charge in [0.25, 0.3) is 0 Å². The fourth-order valence-corrected chi connectivity index (χ4v) is 3.60. The summed E-state index contributed by atoms with van der Waals surface area (Å²) in [5.41, 5.74) is 1.46. The quantitative estimate of drug-likeness (QED) is 0.687. The van der Waals surface area contributed by atoms with Gasteiger partial charge in [-0.1, -0.05) is 11.3 Å². The molecule has 9 heteroatoms. The lowest BCUT2D eigenvalue weighted by Crippen LogP contribution is -2.23. The Morgan fingerprint density at radius 1 is 1.38 bits per heavy atom. The van der Waals surface area contributed by atoms with Crippen molar-refractivity contribution in [2.45, 2.75) is 31.5 Å². The molecule has 0 amide bonds. The first-order valence-electron chi connectivity index (χ1n) is 6.46. The zero-order chi connectivity index (χ0) is 15.5. The van der Waals surface area contributed by atoms with Gasteiger partial charge in [-0.3, -0.25) is 4.79 Å². The summed E-state index contributed by atoms with van der Waals surface area (Å²) in [6, 6.07) is 1.65. The van der Waals surface area contributed by atoms with Gasteiger partial charge in [-0.2, -0.15) is 0 Å². The second kappa shape index (κ2) is 6.56. The molecule has 0 saturated carbocycles. The molecule has 0 unspecified atom stereocenters. The SMILES string of the molecule is CCn1cc(S(=O)(=O)NCc2csc(=O)[nH]2)cc1CNC. The summed E-state index contributed by atoms with van der Waals surface area (Å²) in [4.78, 5) is 13.6. The van der Waals surface area contributed by atoms with Crippen LogP contribution in [0.5, 0.6) is 0 Å². The van der Waals surface area contributed by atoms with Crippen LogP contribution in [0.3, 0.4) is 0 Å². The van der Waals surface area contributed by atoms with Gasteiger partial charge in [0.05, 0.1) is 11.4 Å². The Morgan fingerprint density at radius 3 is 2.71 bits per heavy atom. The van der Waals surface area contributed by atoms with Crippen molar-refractivity contribution < 1.29 is 8.42 Å². The summed E-state index contributed by atoms with van der Waals surface area (Å²) in [6.07, 6.45) is 1.62. The Morgan fingerprint density at radius 2 is 2.14 bits per heavy atom. The number of sulfonamides is 1. The summed E-state index contributed by atoms with van der Waals surface area (Å²) in [5.74, 6) is 0. The fourth-order valence-electron chi connectivity index (χ4n) is 1.95. The summed E-state index contributed by atoms with van der Waals surface area (Å²) in [6.45, 7) is 3.32. The molecular formula is C12H18N4O3S2. The molecule has 0 radical (unpaired) electrons. The molecule has 0 aliphatic carbocycles. The minimum atomic E-state index is -3.60. The summed E-state index contributed by atoms with van der Waals surface area (Å²) >= 11 is 1.01. The van der Waals surface area contributed by atoms with E-state index in [2.05, 4.69) is 15.0 Å². The average Bonchev–Trinajstić information content (AvgIpc) is 3.04. The number of aromatic amines is 1. The fraction of sp³-hybridized carbons (Fsp3) is 0.417. The van der Waals surface area contributed by atoms with E-state index in [1.165, 1.54) is 0 Å². The zero-order valence-electron chi connectivity index (χ0n) is 11.8. The van der Waals surface area contributed by atoms with E-state index in [0.717, 1.165) is 17.0 Å². The first-order valence-corrected chi connectivity index (χ1v) is 8.82. The number of nitrogens with one attached hydrogen (secondary N) is 3. The van der Waals surface area contributed by atoms with Crippen molar-refractivity contribution in [3.05, 3.63) is 38.7 Å². The number of hydrogen-bond donors (Lipinski definition) is 3. The maximum Gasteiger partial charge on any atom is 0.304 e. The van der Waals surface area contributed by atoms with Crippen molar-refractivity contribution >= 4 is 21.4 Å². The predicted molar refractivity (Wildman–Crippen MR) is 81.8 cm³/mol. The Bertz CT molecular complexity index is 758. The monoisotopic (exact) mass is 330 g/mol. The van der Waals surface area contributed by atoms with Gasteiger partial charge in [0, 0.05) is 36.1 Å². The first kappa shape index (κ1) is 16.0. The van der Waals surface area contributed by atoms with E-state index in [4.69, 9.17) is 0 Å². The number of thiazole rings is 1. The maximum atomic E-state index is 12.3.